The van der Waals surface area contributed by atoms with Gasteiger partial charge < -0.3 is 5.32 Å². The highest BCUT2D eigenvalue weighted by Gasteiger charge is 1.92. The number of thiazole rings is 1. The highest BCUT2D eigenvalue weighted by Crippen LogP contribution is 2.02. The summed E-state index contributed by atoms with van der Waals surface area (Å²) >= 11 is 4.09. The van der Waals surface area contributed by atoms with E-state index in [9.17, 15) is 0 Å². The molecule has 1 aromatic heterocycles. The van der Waals surface area contributed by atoms with Crippen molar-refractivity contribution in [1.82, 2.24) is 10.3 Å². The zero-order valence-electron chi connectivity index (χ0n) is 6.22. The number of halogens is 1. The van der Waals surface area contributed by atoms with Gasteiger partial charge in [-0.1, -0.05) is 22.6 Å². The summed E-state index contributed by atoms with van der Waals surface area (Å²) in [7, 11) is 0. The molecule has 0 unspecified atom stereocenters. The summed E-state index contributed by atoms with van der Waals surface area (Å²) in [5.41, 5.74) is 0. The zero-order chi connectivity index (χ0) is 7.94. The summed E-state index contributed by atoms with van der Waals surface area (Å²) in [6, 6.07) is 0. The molecular formula is C7H11IN2S. The van der Waals surface area contributed by atoms with Crippen molar-refractivity contribution in [1.29, 1.82) is 0 Å². The standard InChI is InChI=1S/C7H11IN2S/c8-2-1-3-9-6-7-10-4-5-11-7/h4-5,9H,1-3,6H2. The van der Waals surface area contributed by atoms with Crippen molar-refractivity contribution < 1.29 is 0 Å². The van der Waals surface area contributed by atoms with E-state index in [0.717, 1.165) is 13.1 Å². The Morgan fingerprint density at radius 3 is 3.18 bits per heavy atom. The molecule has 1 aromatic rings. The number of alkyl halides is 1. The minimum Gasteiger partial charge on any atom is -0.310 e. The van der Waals surface area contributed by atoms with E-state index >= 15 is 0 Å². The van der Waals surface area contributed by atoms with Gasteiger partial charge in [-0.3, -0.25) is 0 Å². The van der Waals surface area contributed by atoms with Gasteiger partial charge in [0.1, 0.15) is 5.01 Å². The molecule has 1 rings (SSSR count). The Morgan fingerprint density at radius 2 is 2.55 bits per heavy atom. The van der Waals surface area contributed by atoms with Crippen LogP contribution in [0, 0.1) is 0 Å². The van der Waals surface area contributed by atoms with Gasteiger partial charge in [0.05, 0.1) is 0 Å². The maximum absolute atomic E-state index is 4.17. The van der Waals surface area contributed by atoms with Crippen molar-refractivity contribution >= 4 is 33.9 Å². The van der Waals surface area contributed by atoms with Crippen LogP contribution < -0.4 is 5.32 Å². The number of nitrogens with zero attached hydrogens (tertiary/aromatic N) is 1. The summed E-state index contributed by atoms with van der Waals surface area (Å²) in [4.78, 5) is 4.17. The number of rotatable bonds is 5. The fourth-order valence-electron chi connectivity index (χ4n) is 0.727. The van der Waals surface area contributed by atoms with Crippen molar-refractivity contribution in [2.45, 2.75) is 13.0 Å². The van der Waals surface area contributed by atoms with E-state index in [1.54, 1.807) is 11.3 Å². The Balaban J connectivity index is 2.04. The first-order valence-corrected chi connectivity index (χ1v) is 5.99. The molecule has 0 saturated carbocycles. The molecule has 2 nitrogen and oxygen atoms in total. The molecule has 1 heterocycles. The van der Waals surface area contributed by atoms with Crippen LogP contribution in [-0.4, -0.2) is 16.0 Å². The molecule has 0 atom stereocenters. The largest absolute Gasteiger partial charge is 0.310 e. The van der Waals surface area contributed by atoms with Crippen molar-refractivity contribution in [3.8, 4) is 0 Å². The molecule has 0 amide bonds. The summed E-state index contributed by atoms with van der Waals surface area (Å²) in [5.74, 6) is 0. The van der Waals surface area contributed by atoms with Crippen LogP contribution >= 0.6 is 33.9 Å². The van der Waals surface area contributed by atoms with Crippen LogP contribution in [0.4, 0.5) is 0 Å². The van der Waals surface area contributed by atoms with Crippen LogP contribution in [0.1, 0.15) is 11.4 Å². The summed E-state index contributed by atoms with van der Waals surface area (Å²) < 4.78 is 1.22. The molecule has 0 aliphatic heterocycles. The molecule has 4 heteroatoms. The van der Waals surface area contributed by atoms with Gasteiger partial charge in [0, 0.05) is 22.5 Å². The Labute approximate surface area is 84.6 Å². The van der Waals surface area contributed by atoms with E-state index in [1.807, 2.05) is 11.6 Å². The lowest BCUT2D eigenvalue weighted by molar-refractivity contribution is 0.679. The quantitative estimate of drug-likeness (QED) is 0.508. The van der Waals surface area contributed by atoms with Crippen LogP contribution in [0.5, 0.6) is 0 Å². The lowest BCUT2D eigenvalue weighted by Gasteiger charge is -1.98. The number of hydrogen-bond acceptors (Lipinski definition) is 3. The van der Waals surface area contributed by atoms with E-state index < -0.39 is 0 Å². The Hall–Kier alpha value is 0.320. The minimum absolute atomic E-state index is 0.925. The smallest absolute Gasteiger partial charge is 0.106 e. The van der Waals surface area contributed by atoms with Gasteiger partial charge in [0.2, 0.25) is 0 Å². The van der Waals surface area contributed by atoms with E-state index in [4.69, 9.17) is 0 Å². The second-order valence-electron chi connectivity index (χ2n) is 2.15. The van der Waals surface area contributed by atoms with Gasteiger partial charge in [0.15, 0.2) is 0 Å². The Bertz CT molecular complexity index is 177. The summed E-state index contributed by atoms with van der Waals surface area (Å²) in [5, 5.41) is 6.52. The maximum Gasteiger partial charge on any atom is 0.106 e. The van der Waals surface area contributed by atoms with Crippen LogP contribution in [0.15, 0.2) is 11.6 Å². The third-order valence-corrected chi connectivity index (χ3v) is 2.79. The average molecular weight is 282 g/mol. The van der Waals surface area contributed by atoms with E-state index in [1.165, 1.54) is 15.9 Å². The molecule has 1 N–H and O–H groups in total. The monoisotopic (exact) mass is 282 g/mol. The van der Waals surface area contributed by atoms with Gasteiger partial charge in [-0.05, 0) is 13.0 Å². The predicted octanol–water partition coefficient (Wildman–Crippen LogP) is 2.06. The fraction of sp³-hybridized carbons (Fsp3) is 0.571. The number of aromatic nitrogens is 1. The SMILES string of the molecule is ICCCNCc1nccs1. The molecule has 0 fully saturated rings. The number of nitrogens with one attached hydrogen (secondary N) is 1. The third-order valence-electron chi connectivity index (χ3n) is 1.25. The molecule has 11 heavy (non-hydrogen) atoms. The first-order valence-electron chi connectivity index (χ1n) is 3.58. The van der Waals surface area contributed by atoms with Crippen molar-refractivity contribution in [2.24, 2.45) is 0 Å². The van der Waals surface area contributed by atoms with Gasteiger partial charge in [-0.15, -0.1) is 11.3 Å². The van der Waals surface area contributed by atoms with Crippen LogP contribution in [0.2, 0.25) is 0 Å². The van der Waals surface area contributed by atoms with Gasteiger partial charge >= 0.3 is 0 Å². The molecule has 62 valence electrons. The first kappa shape index (κ1) is 9.41. The van der Waals surface area contributed by atoms with Gasteiger partial charge in [-0.2, -0.15) is 0 Å². The molecule has 0 bridgehead atoms. The molecule has 0 radical (unpaired) electrons. The minimum atomic E-state index is 0.925. The van der Waals surface area contributed by atoms with Crippen LogP contribution in [0.3, 0.4) is 0 Å². The molecule has 0 saturated heterocycles. The summed E-state index contributed by atoms with van der Waals surface area (Å²) in [6.45, 7) is 2.02. The van der Waals surface area contributed by atoms with Crippen molar-refractivity contribution in [3.05, 3.63) is 16.6 Å². The van der Waals surface area contributed by atoms with Gasteiger partial charge in [-0.25, -0.2) is 4.98 Å². The van der Waals surface area contributed by atoms with E-state index in [2.05, 4.69) is 32.9 Å². The predicted molar refractivity (Wildman–Crippen MR) is 57.3 cm³/mol. The topological polar surface area (TPSA) is 24.9 Å². The second kappa shape index (κ2) is 5.91. The van der Waals surface area contributed by atoms with Crippen molar-refractivity contribution in [2.75, 3.05) is 11.0 Å². The second-order valence-corrected chi connectivity index (χ2v) is 4.20. The number of hydrogen-bond donors (Lipinski definition) is 1. The lowest BCUT2D eigenvalue weighted by Crippen LogP contribution is -2.14. The molecule has 0 spiro atoms. The lowest BCUT2D eigenvalue weighted by atomic mass is 10.5. The normalized spacial score (nSPS) is 10.3. The zero-order valence-corrected chi connectivity index (χ0v) is 9.19. The first-order chi connectivity index (χ1) is 5.43. The van der Waals surface area contributed by atoms with Gasteiger partial charge in [0.25, 0.3) is 0 Å². The van der Waals surface area contributed by atoms with Crippen LogP contribution in [-0.2, 0) is 6.54 Å². The Morgan fingerprint density at radius 1 is 1.64 bits per heavy atom. The molecule has 0 aliphatic rings. The average Bonchev–Trinajstić information content (AvgIpc) is 2.50. The highest BCUT2D eigenvalue weighted by molar-refractivity contribution is 14.1. The third kappa shape index (κ3) is 4.03. The summed E-state index contributed by atoms with van der Waals surface area (Å²) in [6.07, 6.45) is 3.09. The van der Waals surface area contributed by atoms with Crippen molar-refractivity contribution in [3.63, 3.8) is 0 Å². The highest BCUT2D eigenvalue weighted by atomic mass is 127. The molecular weight excluding hydrogens is 271 g/mol. The fourth-order valence-corrected chi connectivity index (χ4v) is 1.69. The molecule has 0 aliphatic carbocycles. The van der Waals surface area contributed by atoms with Crippen LogP contribution in [0.25, 0.3) is 0 Å². The Kier molecular flexibility index (Phi) is 5.05. The molecule has 0 aromatic carbocycles. The van der Waals surface area contributed by atoms with E-state index in [-0.39, 0.29) is 0 Å². The van der Waals surface area contributed by atoms with E-state index in [0.29, 0.717) is 0 Å². The maximum atomic E-state index is 4.17.